The summed E-state index contributed by atoms with van der Waals surface area (Å²) in [6.45, 7) is 0. The van der Waals surface area contributed by atoms with Gasteiger partial charge in [0.15, 0.2) is 0 Å². The number of aromatic nitrogens is 2. The number of hydrogen-bond donors (Lipinski definition) is 2. The Morgan fingerprint density at radius 3 is 2.39 bits per heavy atom. The van der Waals surface area contributed by atoms with E-state index in [4.69, 9.17) is 28.9 Å². The van der Waals surface area contributed by atoms with Crippen molar-refractivity contribution in [2.45, 2.75) is 0 Å². The molecule has 2 rings (SSSR count). The summed E-state index contributed by atoms with van der Waals surface area (Å²) in [5.74, 6) is -0.0125. The van der Waals surface area contributed by atoms with Crippen molar-refractivity contribution in [2.24, 2.45) is 5.73 Å². The van der Waals surface area contributed by atoms with Crippen LogP contribution in [0.4, 0.5) is 11.5 Å². The number of nitrogens with two attached hydrogens (primary N) is 1. The first kappa shape index (κ1) is 12.6. The molecule has 1 heterocycles. The zero-order valence-electron chi connectivity index (χ0n) is 9.02. The topological polar surface area (TPSA) is 80.9 Å². The maximum absolute atomic E-state index is 10.9. The molecule has 2 aromatic rings. The van der Waals surface area contributed by atoms with E-state index in [1.54, 1.807) is 24.3 Å². The third-order valence-corrected chi connectivity index (χ3v) is 2.47. The maximum atomic E-state index is 10.9. The molecular weight excluding hydrogens is 275 g/mol. The predicted molar refractivity (Wildman–Crippen MR) is 70.3 cm³/mol. The summed E-state index contributed by atoms with van der Waals surface area (Å²) in [6.07, 6.45) is 0. The van der Waals surface area contributed by atoms with Crippen LogP contribution in [0, 0.1) is 0 Å². The monoisotopic (exact) mass is 282 g/mol. The lowest BCUT2D eigenvalue weighted by Crippen LogP contribution is -2.10. The second-order valence-corrected chi connectivity index (χ2v) is 4.14. The summed E-state index contributed by atoms with van der Waals surface area (Å²) >= 11 is 11.4. The van der Waals surface area contributed by atoms with Gasteiger partial charge in [-0.1, -0.05) is 11.6 Å². The van der Waals surface area contributed by atoms with E-state index in [2.05, 4.69) is 15.3 Å². The third-order valence-electron chi connectivity index (χ3n) is 2.11. The molecule has 0 aliphatic heterocycles. The van der Waals surface area contributed by atoms with E-state index in [-0.39, 0.29) is 10.4 Å². The van der Waals surface area contributed by atoms with Gasteiger partial charge in [0.1, 0.15) is 11.0 Å². The summed E-state index contributed by atoms with van der Waals surface area (Å²) in [5, 5.41) is 3.28. The van der Waals surface area contributed by atoms with E-state index in [0.29, 0.717) is 11.4 Å². The highest BCUT2D eigenvalue weighted by Gasteiger charge is 2.03. The van der Waals surface area contributed by atoms with Crippen molar-refractivity contribution in [3.8, 4) is 0 Å². The molecule has 7 heteroatoms. The van der Waals surface area contributed by atoms with Crippen LogP contribution in [0.3, 0.4) is 0 Å². The molecule has 0 aliphatic carbocycles. The molecule has 0 fully saturated rings. The Morgan fingerprint density at radius 2 is 1.83 bits per heavy atom. The Balaban J connectivity index is 2.20. The number of carbonyl (C=O) groups is 1. The van der Waals surface area contributed by atoms with E-state index >= 15 is 0 Å². The SMILES string of the molecule is NC(=O)c1ccc(Nc2cc(Cl)nc(Cl)n2)cc1. The van der Waals surface area contributed by atoms with Crippen molar-refractivity contribution >= 4 is 40.6 Å². The Hall–Kier alpha value is -1.85. The fourth-order valence-electron chi connectivity index (χ4n) is 1.32. The minimum Gasteiger partial charge on any atom is -0.366 e. The molecule has 0 radical (unpaired) electrons. The van der Waals surface area contributed by atoms with Crippen LogP contribution in [0.15, 0.2) is 30.3 Å². The van der Waals surface area contributed by atoms with Crippen LogP contribution in [0.1, 0.15) is 10.4 Å². The number of primary amides is 1. The van der Waals surface area contributed by atoms with Gasteiger partial charge in [0.25, 0.3) is 0 Å². The summed E-state index contributed by atoms with van der Waals surface area (Å²) < 4.78 is 0. The van der Waals surface area contributed by atoms with Crippen LogP contribution >= 0.6 is 23.2 Å². The number of amides is 1. The van der Waals surface area contributed by atoms with Crippen LogP contribution in [0.25, 0.3) is 0 Å². The fraction of sp³-hybridized carbons (Fsp3) is 0. The average molecular weight is 283 g/mol. The molecule has 0 unspecified atom stereocenters. The number of carbonyl (C=O) groups excluding carboxylic acids is 1. The molecule has 92 valence electrons. The third kappa shape index (κ3) is 3.09. The summed E-state index contributed by atoms with van der Waals surface area (Å²) in [4.78, 5) is 18.6. The highest BCUT2D eigenvalue weighted by Crippen LogP contribution is 2.19. The first-order valence-electron chi connectivity index (χ1n) is 4.91. The standard InChI is InChI=1S/C11H8Cl2N4O/c12-8-5-9(17-11(13)16-8)15-7-3-1-6(2-4-7)10(14)18/h1-5H,(H2,14,18)(H,15,16,17). The van der Waals surface area contributed by atoms with Crippen molar-refractivity contribution < 1.29 is 4.79 Å². The molecule has 0 atom stereocenters. The number of hydrogen-bond acceptors (Lipinski definition) is 4. The highest BCUT2D eigenvalue weighted by atomic mass is 35.5. The van der Waals surface area contributed by atoms with Gasteiger partial charge in [-0.25, -0.2) is 9.97 Å². The zero-order valence-corrected chi connectivity index (χ0v) is 10.5. The highest BCUT2D eigenvalue weighted by molar-refractivity contribution is 6.32. The van der Waals surface area contributed by atoms with E-state index in [1.165, 1.54) is 6.07 Å². The van der Waals surface area contributed by atoms with Gasteiger partial charge >= 0.3 is 0 Å². The molecule has 5 nitrogen and oxygen atoms in total. The van der Waals surface area contributed by atoms with Crippen LogP contribution in [0.2, 0.25) is 10.4 Å². The molecule has 1 aromatic carbocycles. The number of halogens is 2. The van der Waals surface area contributed by atoms with Gasteiger partial charge in [-0.2, -0.15) is 0 Å². The summed E-state index contributed by atoms with van der Waals surface area (Å²) in [7, 11) is 0. The number of nitrogens with one attached hydrogen (secondary N) is 1. The maximum Gasteiger partial charge on any atom is 0.248 e. The van der Waals surface area contributed by atoms with E-state index in [9.17, 15) is 4.79 Å². The lowest BCUT2D eigenvalue weighted by Gasteiger charge is -2.06. The second kappa shape index (κ2) is 5.20. The minimum absolute atomic E-state index is 0.0544. The minimum atomic E-state index is -0.477. The van der Waals surface area contributed by atoms with Gasteiger partial charge in [-0.05, 0) is 35.9 Å². The van der Waals surface area contributed by atoms with Crippen molar-refractivity contribution in [3.63, 3.8) is 0 Å². The van der Waals surface area contributed by atoms with E-state index in [0.717, 1.165) is 5.69 Å². The zero-order chi connectivity index (χ0) is 13.1. The summed E-state index contributed by atoms with van der Waals surface area (Å²) in [6, 6.07) is 8.15. The number of benzene rings is 1. The van der Waals surface area contributed by atoms with Gasteiger partial charge in [-0.3, -0.25) is 4.79 Å². The molecule has 0 saturated heterocycles. The normalized spacial score (nSPS) is 10.1. The van der Waals surface area contributed by atoms with Crippen molar-refractivity contribution in [1.82, 2.24) is 9.97 Å². The van der Waals surface area contributed by atoms with Crippen molar-refractivity contribution in [1.29, 1.82) is 0 Å². The van der Waals surface area contributed by atoms with Gasteiger partial charge < -0.3 is 11.1 Å². The molecule has 0 saturated carbocycles. The Labute approximate surface area is 113 Å². The van der Waals surface area contributed by atoms with Crippen molar-refractivity contribution in [3.05, 3.63) is 46.3 Å². The van der Waals surface area contributed by atoms with Crippen LogP contribution in [-0.4, -0.2) is 15.9 Å². The fourth-order valence-corrected chi connectivity index (χ4v) is 1.73. The predicted octanol–water partition coefficient (Wildman–Crippen LogP) is 2.63. The number of nitrogens with zero attached hydrogens (tertiary/aromatic N) is 2. The smallest absolute Gasteiger partial charge is 0.248 e. The van der Waals surface area contributed by atoms with Crippen LogP contribution in [-0.2, 0) is 0 Å². The van der Waals surface area contributed by atoms with Crippen LogP contribution < -0.4 is 11.1 Å². The Bertz CT molecular complexity index is 566. The average Bonchev–Trinajstić information content (AvgIpc) is 2.28. The molecule has 18 heavy (non-hydrogen) atoms. The largest absolute Gasteiger partial charge is 0.366 e. The Kier molecular flexibility index (Phi) is 3.64. The first-order chi connectivity index (χ1) is 8.54. The van der Waals surface area contributed by atoms with Gasteiger partial charge in [0.05, 0.1) is 0 Å². The first-order valence-corrected chi connectivity index (χ1v) is 5.67. The van der Waals surface area contributed by atoms with E-state index in [1.807, 2.05) is 0 Å². The van der Waals surface area contributed by atoms with Gasteiger partial charge in [-0.15, -0.1) is 0 Å². The lowest BCUT2D eigenvalue weighted by atomic mass is 10.2. The molecule has 0 spiro atoms. The molecule has 0 bridgehead atoms. The molecule has 0 aliphatic rings. The van der Waals surface area contributed by atoms with Crippen LogP contribution in [0.5, 0.6) is 0 Å². The number of anilines is 2. The molecule has 1 amide bonds. The summed E-state index contributed by atoms with van der Waals surface area (Å²) in [5.41, 5.74) is 6.30. The lowest BCUT2D eigenvalue weighted by molar-refractivity contribution is 0.100. The van der Waals surface area contributed by atoms with Gasteiger partial charge in [0, 0.05) is 17.3 Å². The van der Waals surface area contributed by atoms with Gasteiger partial charge in [0.2, 0.25) is 11.2 Å². The number of rotatable bonds is 3. The van der Waals surface area contributed by atoms with Crippen molar-refractivity contribution in [2.75, 3.05) is 5.32 Å². The quantitative estimate of drug-likeness (QED) is 0.670. The molecular formula is C11H8Cl2N4O. The van der Waals surface area contributed by atoms with E-state index < -0.39 is 5.91 Å². The second-order valence-electron chi connectivity index (χ2n) is 3.41. The molecule has 3 N–H and O–H groups in total. The molecule has 1 aromatic heterocycles. The Morgan fingerprint density at radius 1 is 1.17 bits per heavy atom.